The average Bonchev–Trinajstić information content (AvgIpc) is 3.01. The van der Waals surface area contributed by atoms with E-state index in [1.165, 1.54) is 19.2 Å². The number of benzene rings is 1. The number of allylic oxidation sites excluding steroid dienone is 7. The highest BCUT2D eigenvalue weighted by atomic mass is 16.5. The van der Waals surface area contributed by atoms with Gasteiger partial charge in [0.05, 0.1) is 24.8 Å². The van der Waals surface area contributed by atoms with Crippen LogP contribution in [0.15, 0.2) is 71.9 Å². The molecule has 0 saturated carbocycles. The van der Waals surface area contributed by atoms with Gasteiger partial charge in [0.15, 0.2) is 0 Å². The summed E-state index contributed by atoms with van der Waals surface area (Å²) in [7, 11) is 1.48. The van der Waals surface area contributed by atoms with Crippen LogP contribution in [0.5, 0.6) is 11.5 Å². The number of carbonyl (C=O) groups is 3. The largest absolute Gasteiger partial charge is 0.508 e. The van der Waals surface area contributed by atoms with E-state index in [0.717, 1.165) is 0 Å². The van der Waals surface area contributed by atoms with Gasteiger partial charge in [-0.25, -0.2) is 4.79 Å². The maximum Gasteiger partial charge on any atom is 0.328 e. The topological polar surface area (TPSA) is 154 Å². The van der Waals surface area contributed by atoms with Crippen molar-refractivity contribution in [2.45, 2.75) is 85.5 Å². The second-order valence-electron chi connectivity index (χ2n) is 10.8. The molecule has 0 aliphatic heterocycles. The summed E-state index contributed by atoms with van der Waals surface area (Å²) in [6, 6.07) is 1.81. The maximum absolute atomic E-state index is 12.9. The molecule has 0 heterocycles. The molecule has 248 valence electrons. The number of methoxy groups -OCH3 is 1. The van der Waals surface area contributed by atoms with Crippen LogP contribution in [0, 0.1) is 5.92 Å². The third-order valence-electron chi connectivity index (χ3n) is 7.20. The monoisotopic (exact) mass is 626 g/mol. The van der Waals surface area contributed by atoms with Crippen molar-refractivity contribution >= 4 is 23.5 Å². The molecule has 5 N–H and O–H groups in total. The van der Waals surface area contributed by atoms with Gasteiger partial charge >= 0.3 is 5.97 Å². The number of aliphatic hydroxyl groups is 1. The molecule has 0 fully saturated rings. The van der Waals surface area contributed by atoms with Gasteiger partial charge in [0, 0.05) is 31.1 Å². The number of nitrogens with one attached hydrogen (secondary N) is 2. The smallest absolute Gasteiger partial charge is 0.328 e. The first kappa shape index (κ1) is 38.9. The second kappa shape index (κ2) is 20.7. The number of anilines is 1. The van der Waals surface area contributed by atoms with Crippen LogP contribution < -0.4 is 10.6 Å². The Morgan fingerprint density at radius 3 is 2.36 bits per heavy atom. The molecule has 0 saturated heterocycles. The molecule has 4 atom stereocenters. The highest BCUT2D eigenvalue weighted by Crippen LogP contribution is 2.33. The zero-order chi connectivity index (χ0) is 33.9. The van der Waals surface area contributed by atoms with Gasteiger partial charge in [-0.1, -0.05) is 55.5 Å². The van der Waals surface area contributed by atoms with Crippen LogP contribution >= 0.6 is 0 Å². The van der Waals surface area contributed by atoms with Crippen LogP contribution in [-0.4, -0.2) is 65.1 Å². The summed E-state index contributed by atoms with van der Waals surface area (Å²) in [5.41, 5.74) is 1.65. The SMILES string of the molecule is C/C=C/C=C/C=C/CC(OC(=O)C(C)NC(=O)/C(C)=C/C)C(C)C(O)/C(C)=C\CCc1cc(O)cc(NC(=O)CCOC)c1O. The van der Waals surface area contributed by atoms with Crippen LogP contribution in [0.3, 0.4) is 0 Å². The number of phenols is 2. The maximum atomic E-state index is 12.9. The van der Waals surface area contributed by atoms with E-state index in [1.807, 2.05) is 49.5 Å². The lowest BCUT2D eigenvalue weighted by atomic mass is 9.90. The van der Waals surface area contributed by atoms with Gasteiger partial charge in [0.1, 0.15) is 23.6 Å². The third-order valence-corrected chi connectivity index (χ3v) is 7.20. The number of hydrogen-bond acceptors (Lipinski definition) is 8. The van der Waals surface area contributed by atoms with Crippen molar-refractivity contribution in [3.05, 3.63) is 77.5 Å². The first-order valence-electron chi connectivity index (χ1n) is 15.1. The van der Waals surface area contributed by atoms with Crippen molar-refractivity contribution in [2.24, 2.45) is 5.92 Å². The van der Waals surface area contributed by atoms with Gasteiger partial charge in [-0.05, 0) is 64.7 Å². The molecule has 1 rings (SSSR count). The van der Waals surface area contributed by atoms with E-state index in [4.69, 9.17) is 9.47 Å². The number of amides is 2. The molecule has 0 bridgehead atoms. The summed E-state index contributed by atoms with van der Waals surface area (Å²) < 4.78 is 10.7. The van der Waals surface area contributed by atoms with E-state index in [0.29, 0.717) is 36.0 Å². The van der Waals surface area contributed by atoms with Crippen LogP contribution in [-0.2, 0) is 30.3 Å². The number of carbonyl (C=O) groups excluding carboxylic acids is 3. The highest BCUT2D eigenvalue weighted by molar-refractivity contribution is 5.95. The first-order valence-corrected chi connectivity index (χ1v) is 15.1. The lowest BCUT2D eigenvalue weighted by Crippen LogP contribution is -2.43. The molecular weight excluding hydrogens is 576 g/mol. The summed E-state index contributed by atoms with van der Waals surface area (Å²) >= 11 is 0. The fraction of sp³-hybridized carbons (Fsp3) is 0.457. The Labute approximate surface area is 267 Å². The lowest BCUT2D eigenvalue weighted by molar-refractivity contribution is -0.156. The molecule has 0 radical (unpaired) electrons. The van der Waals surface area contributed by atoms with Gasteiger partial charge in [0.2, 0.25) is 11.8 Å². The summed E-state index contributed by atoms with van der Waals surface area (Å²) in [6.45, 7) is 10.6. The Balaban J connectivity index is 3.04. The predicted octanol–water partition coefficient (Wildman–Crippen LogP) is 5.41. The zero-order valence-corrected chi connectivity index (χ0v) is 27.5. The summed E-state index contributed by atoms with van der Waals surface area (Å²) in [5.74, 6) is -2.09. The molecule has 1 aromatic rings. The number of aliphatic hydroxyl groups excluding tert-OH is 1. The number of aromatic hydroxyl groups is 2. The highest BCUT2D eigenvalue weighted by Gasteiger charge is 2.30. The number of rotatable bonds is 18. The van der Waals surface area contributed by atoms with Crippen LogP contribution in [0.2, 0.25) is 0 Å². The molecule has 0 aliphatic carbocycles. The molecule has 0 spiro atoms. The minimum atomic E-state index is -0.960. The summed E-state index contributed by atoms with van der Waals surface area (Å²) in [4.78, 5) is 37.2. The van der Waals surface area contributed by atoms with Crippen LogP contribution in [0.1, 0.15) is 66.4 Å². The van der Waals surface area contributed by atoms with Crippen molar-refractivity contribution in [2.75, 3.05) is 19.0 Å². The van der Waals surface area contributed by atoms with Gasteiger partial charge < -0.3 is 35.4 Å². The molecule has 2 amide bonds. The van der Waals surface area contributed by atoms with Gasteiger partial charge in [-0.2, -0.15) is 0 Å². The van der Waals surface area contributed by atoms with E-state index in [-0.39, 0.29) is 42.0 Å². The van der Waals surface area contributed by atoms with Crippen molar-refractivity contribution in [1.82, 2.24) is 5.32 Å². The normalized spacial score (nSPS) is 15.3. The number of ether oxygens (including phenoxy) is 2. The van der Waals surface area contributed by atoms with E-state index in [2.05, 4.69) is 10.6 Å². The van der Waals surface area contributed by atoms with Crippen molar-refractivity contribution in [1.29, 1.82) is 0 Å². The van der Waals surface area contributed by atoms with Crippen molar-refractivity contribution in [3.63, 3.8) is 0 Å². The Hall–Kier alpha value is -4.15. The number of hydrogen-bond donors (Lipinski definition) is 5. The molecule has 10 nitrogen and oxygen atoms in total. The average molecular weight is 627 g/mol. The standard InChI is InChI=1S/C35H50N2O8/c1-8-10-11-12-13-14-18-30(45-35(43)26(6)36-34(42)23(3)9-2)25(5)32(40)24(4)16-15-17-27-21-28(38)22-29(33(27)41)37-31(39)19-20-44-7/h8-14,16,21-22,25-26,30,32,38,40-41H,15,17-20H2,1-7H3,(H,36,42)(H,37,39)/b10-8+,12-11+,14-13+,23-9+,24-16-. The number of aryl methyl sites for hydroxylation is 1. The fourth-order valence-corrected chi connectivity index (χ4v) is 4.22. The van der Waals surface area contributed by atoms with Gasteiger partial charge in [-0.15, -0.1) is 0 Å². The molecule has 10 heteroatoms. The first-order chi connectivity index (χ1) is 21.4. The quantitative estimate of drug-likeness (QED) is 0.0362. The van der Waals surface area contributed by atoms with Crippen LogP contribution in [0.4, 0.5) is 5.69 Å². The Kier molecular flexibility index (Phi) is 17.9. The lowest BCUT2D eigenvalue weighted by Gasteiger charge is -2.29. The molecule has 45 heavy (non-hydrogen) atoms. The minimum Gasteiger partial charge on any atom is -0.508 e. The van der Waals surface area contributed by atoms with E-state index < -0.39 is 30.1 Å². The summed E-state index contributed by atoms with van der Waals surface area (Å²) in [5, 5.41) is 37.2. The predicted molar refractivity (Wildman–Crippen MR) is 177 cm³/mol. The number of esters is 1. The van der Waals surface area contributed by atoms with E-state index in [1.54, 1.807) is 40.7 Å². The molecular formula is C35H50N2O8. The Morgan fingerprint density at radius 1 is 1.02 bits per heavy atom. The Morgan fingerprint density at radius 2 is 1.71 bits per heavy atom. The fourth-order valence-electron chi connectivity index (χ4n) is 4.22. The molecule has 0 aliphatic rings. The second-order valence-corrected chi connectivity index (χ2v) is 10.8. The van der Waals surface area contributed by atoms with E-state index >= 15 is 0 Å². The Bertz CT molecular complexity index is 1280. The van der Waals surface area contributed by atoms with Gasteiger partial charge in [-0.3, -0.25) is 9.59 Å². The minimum absolute atomic E-state index is 0.0986. The number of phenolic OH excluding ortho intramolecular Hbond substituents is 2. The summed E-state index contributed by atoms with van der Waals surface area (Å²) in [6.07, 6.45) is 14.2. The van der Waals surface area contributed by atoms with Crippen molar-refractivity contribution < 1.29 is 39.2 Å². The third kappa shape index (κ3) is 14.0. The molecule has 1 aromatic carbocycles. The van der Waals surface area contributed by atoms with Crippen LogP contribution in [0.25, 0.3) is 0 Å². The zero-order valence-electron chi connectivity index (χ0n) is 27.5. The van der Waals surface area contributed by atoms with Gasteiger partial charge in [0.25, 0.3) is 0 Å². The molecule has 4 unspecified atom stereocenters. The molecule has 0 aromatic heterocycles. The van der Waals surface area contributed by atoms with Crippen molar-refractivity contribution in [3.8, 4) is 11.5 Å². The van der Waals surface area contributed by atoms with E-state index in [9.17, 15) is 29.7 Å².